The Labute approximate surface area is 129 Å². The summed E-state index contributed by atoms with van der Waals surface area (Å²) in [6.45, 7) is 0.369. The van der Waals surface area contributed by atoms with Gasteiger partial charge in [0.25, 0.3) is 0 Å². The minimum absolute atomic E-state index is 0.169. The quantitative estimate of drug-likeness (QED) is 0.786. The van der Waals surface area contributed by atoms with Crippen molar-refractivity contribution in [3.63, 3.8) is 0 Å². The van der Waals surface area contributed by atoms with Gasteiger partial charge in [0.05, 0.1) is 23.1 Å². The molecule has 0 aliphatic rings. The minimum atomic E-state index is -0.508. The standard InChI is InChI=1S/C15H18N4OS/c1-19-8-7-12(18-19)10-17-15(20)13(14(16)21)9-11-5-3-2-4-6-11/h2-8,13H,9-10H2,1H3,(H2,16,21)(H,17,20). The summed E-state index contributed by atoms with van der Waals surface area (Å²) in [6, 6.07) is 11.6. The topological polar surface area (TPSA) is 72.9 Å². The number of carbonyl (C=O) groups excluding carboxylic acids is 1. The van der Waals surface area contributed by atoms with Crippen LogP contribution in [0.15, 0.2) is 42.6 Å². The molecular weight excluding hydrogens is 284 g/mol. The third-order valence-corrected chi connectivity index (χ3v) is 3.44. The summed E-state index contributed by atoms with van der Waals surface area (Å²) in [6.07, 6.45) is 2.33. The summed E-state index contributed by atoms with van der Waals surface area (Å²) in [4.78, 5) is 12.5. The highest BCUT2D eigenvalue weighted by molar-refractivity contribution is 7.80. The molecule has 1 unspecified atom stereocenters. The zero-order valence-corrected chi connectivity index (χ0v) is 12.6. The molecule has 0 aliphatic carbocycles. The van der Waals surface area contributed by atoms with Crippen LogP contribution in [0, 0.1) is 5.92 Å². The van der Waals surface area contributed by atoms with Crippen LogP contribution in [0.25, 0.3) is 0 Å². The molecule has 1 aromatic heterocycles. The van der Waals surface area contributed by atoms with Gasteiger partial charge in [-0.05, 0) is 18.1 Å². The zero-order valence-electron chi connectivity index (χ0n) is 11.8. The van der Waals surface area contributed by atoms with Gasteiger partial charge in [-0.2, -0.15) is 5.10 Å². The molecule has 0 fully saturated rings. The van der Waals surface area contributed by atoms with Gasteiger partial charge < -0.3 is 11.1 Å². The molecule has 2 rings (SSSR count). The van der Waals surface area contributed by atoms with Crippen LogP contribution in [0.1, 0.15) is 11.3 Å². The predicted molar refractivity (Wildman–Crippen MR) is 85.5 cm³/mol. The molecule has 5 nitrogen and oxygen atoms in total. The lowest BCUT2D eigenvalue weighted by atomic mass is 9.98. The molecule has 3 N–H and O–H groups in total. The van der Waals surface area contributed by atoms with Crippen LogP contribution in [-0.2, 0) is 24.8 Å². The van der Waals surface area contributed by atoms with Gasteiger partial charge in [0.2, 0.25) is 5.91 Å². The van der Waals surface area contributed by atoms with Crippen molar-refractivity contribution in [2.75, 3.05) is 0 Å². The molecule has 0 saturated carbocycles. The number of nitrogens with zero attached hydrogens (tertiary/aromatic N) is 2. The van der Waals surface area contributed by atoms with Gasteiger partial charge in [0.1, 0.15) is 0 Å². The van der Waals surface area contributed by atoms with E-state index in [1.54, 1.807) is 4.68 Å². The lowest BCUT2D eigenvalue weighted by Gasteiger charge is -2.15. The van der Waals surface area contributed by atoms with Crippen LogP contribution >= 0.6 is 12.2 Å². The number of rotatable bonds is 6. The Morgan fingerprint density at radius 3 is 2.67 bits per heavy atom. The number of nitrogens with one attached hydrogen (secondary N) is 1. The van der Waals surface area contributed by atoms with Crippen molar-refractivity contribution in [1.82, 2.24) is 15.1 Å². The molecule has 0 aliphatic heterocycles. The van der Waals surface area contributed by atoms with E-state index in [9.17, 15) is 4.79 Å². The first kappa shape index (κ1) is 15.2. The van der Waals surface area contributed by atoms with Gasteiger partial charge in [0, 0.05) is 13.2 Å². The molecular formula is C15H18N4OS. The van der Waals surface area contributed by atoms with Gasteiger partial charge in [-0.1, -0.05) is 42.5 Å². The molecule has 1 heterocycles. The van der Waals surface area contributed by atoms with Crippen LogP contribution in [0.4, 0.5) is 0 Å². The maximum Gasteiger partial charge on any atom is 0.230 e. The summed E-state index contributed by atoms with van der Waals surface area (Å²) in [5.74, 6) is -0.678. The molecule has 1 atom stereocenters. The Balaban J connectivity index is 1.97. The van der Waals surface area contributed by atoms with Gasteiger partial charge in [-0.25, -0.2) is 0 Å². The molecule has 6 heteroatoms. The summed E-state index contributed by atoms with van der Waals surface area (Å²) in [5, 5.41) is 7.04. The van der Waals surface area contributed by atoms with Crippen molar-refractivity contribution in [2.45, 2.75) is 13.0 Å². The average Bonchev–Trinajstić information content (AvgIpc) is 2.89. The van der Waals surface area contributed by atoms with Gasteiger partial charge in [-0.15, -0.1) is 0 Å². The predicted octanol–water partition coefficient (Wildman–Crippen LogP) is 1.18. The second kappa shape index (κ2) is 6.99. The Kier molecular flexibility index (Phi) is 5.05. The highest BCUT2D eigenvalue weighted by atomic mass is 32.1. The maximum absolute atomic E-state index is 12.3. The minimum Gasteiger partial charge on any atom is -0.393 e. The molecule has 2 aromatic rings. The number of benzene rings is 1. The van der Waals surface area contributed by atoms with Crippen molar-refractivity contribution >= 4 is 23.1 Å². The molecule has 1 amide bonds. The first-order valence-corrected chi connectivity index (χ1v) is 7.06. The summed E-state index contributed by atoms with van der Waals surface area (Å²) in [7, 11) is 1.83. The van der Waals surface area contributed by atoms with Crippen molar-refractivity contribution < 1.29 is 4.79 Å². The number of hydrogen-bond donors (Lipinski definition) is 2. The highest BCUT2D eigenvalue weighted by Gasteiger charge is 2.21. The molecule has 0 saturated heterocycles. The third-order valence-electron chi connectivity index (χ3n) is 3.16. The number of nitrogens with two attached hydrogens (primary N) is 1. The monoisotopic (exact) mass is 302 g/mol. The average molecular weight is 302 g/mol. The molecule has 0 radical (unpaired) electrons. The lowest BCUT2D eigenvalue weighted by Crippen LogP contribution is -2.38. The number of carbonyl (C=O) groups is 1. The van der Waals surface area contributed by atoms with E-state index in [2.05, 4.69) is 10.4 Å². The van der Waals surface area contributed by atoms with E-state index < -0.39 is 5.92 Å². The third kappa shape index (κ3) is 4.39. The van der Waals surface area contributed by atoms with E-state index >= 15 is 0 Å². The van der Waals surface area contributed by atoms with Crippen LogP contribution in [0.2, 0.25) is 0 Å². The molecule has 0 spiro atoms. The fraction of sp³-hybridized carbons (Fsp3) is 0.267. The smallest absolute Gasteiger partial charge is 0.230 e. The van der Waals surface area contributed by atoms with Gasteiger partial charge in [-0.3, -0.25) is 9.48 Å². The van der Waals surface area contributed by atoms with E-state index in [1.165, 1.54) is 0 Å². The van der Waals surface area contributed by atoms with E-state index in [4.69, 9.17) is 18.0 Å². The molecule has 0 bridgehead atoms. The number of aromatic nitrogens is 2. The van der Waals surface area contributed by atoms with Crippen molar-refractivity contribution in [1.29, 1.82) is 0 Å². The second-order valence-corrected chi connectivity index (χ2v) is 5.31. The van der Waals surface area contributed by atoms with Crippen molar-refractivity contribution in [3.8, 4) is 0 Å². The number of hydrogen-bond acceptors (Lipinski definition) is 3. The maximum atomic E-state index is 12.3. The van der Waals surface area contributed by atoms with Gasteiger partial charge in [0.15, 0.2) is 0 Å². The lowest BCUT2D eigenvalue weighted by molar-refractivity contribution is -0.123. The normalized spacial score (nSPS) is 11.9. The molecule has 21 heavy (non-hydrogen) atoms. The fourth-order valence-electron chi connectivity index (χ4n) is 2.03. The van der Waals surface area contributed by atoms with Crippen molar-refractivity contribution in [3.05, 3.63) is 53.9 Å². The van der Waals surface area contributed by atoms with Crippen LogP contribution in [-0.4, -0.2) is 20.7 Å². The number of thiocarbonyl (C=S) groups is 1. The number of aryl methyl sites for hydroxylation is 1. The van der Waals surface area contributed by atoms with Crippen LogP contribution < -0.4 is 11.1 Å². The highest BCUT2D eigenvalue weighted by Crippen LogP contribution is 2.10. The Hall–Kier alpha value is -2.21. The van der Waals surface area contributed by atoms with Crippen LogP contribution in [0.3, 0.4) is 0 Å². The van der Waals surface area contributed by atoms with Crippen molar-refractivity contribution in [2.24, 2.45) is 18.7 Å². The fourth-order valence-corrected chi connectivity index (χ4v) is 2.22. The summed E-state index contributed by atoms with van der Waals surface area (Å²) < 4.78 is 1.69. The Morgan fingerprint density at radius 2 is 2.10 bits per heavy atom. The Bertz CT molecular complexity index is 624. The SMILES string of the molecule is Cn1ccc(CNC(=O)C(Cc2ccccc2)C(N)=S)n1. The molecule has 1 aromatic carbocycles. The number of amides is 1. The van der Waals surface area contributed by atoms with E-state index in [-0.39, 0.29) is 10.9 Å². The van der Waals surface area contributed by atoms with E-state index in [0.29, 0.717) is 13.0 Å². The van der Waals surface area contributed by atoms with E-state index in [0.717, 1.165) is 11.3 Å². The zero-order chi connectivity index (χ0) is 15.2. The Morgan fingerprint density at radius 1 is 1.38 bits per heavy atom. The van der Waals surface area contributed by atoms with Crippen LogP contribution in [0.5, 0.6) is 0 Å². The largest absolute Gasteiger partial charge is 0.393 e. The first-order valence-electron chi connectivity index (χ1n) is 6.65. The summed E-state index contributed by atoms with van der Waals surface area (Å²) >= 11 is 5.02. The summed E-state index contributed by atoms with van der Waals surface area (Å²) in [5.41, 5.74) is 7.54. The van der Waals surface area contributed by atoms with E-state index in [1.807, 2.05) is 49.6 Å². The van der Waals surface area contributed by atoms with Gasteiger partial charge >= 0.3 is 0 Å². The first-order chi connectivity index (χ1) is 10.1. The second-order valence-electron chi connectivity index (χ2n) is 4.84. The molecule has 110 valence electrons.